The summed E-state index contributed by atoms with van der Waals surface area (Å²) in [5.41, 5.74) is 10.9. The summed E-state index contributed by atoms with van der Waals surface area (Å²) in [6.07, 6.45) is 7.94. The molecule has 476 valence electrons. The Kier molecular flexibility index (Phi) is 31.6. The monoisotopic (exact) mass is 1250 g/mol. The molecule has 0 saturated heterocycles. The number of aromatic hydroxyl groups is 6. The molecule has 0 aromatic heterocycles. The Hall–Kier alpha value is -8.99. The molecule has 0 aliphatic heterocycles. The predicted octanol–water partition coefficient (Wildman–Crippen LogP) is 19.1. The highest BCUT2D eigenvalue weighted by Crippen LogP contribution is 2.33. The minimum atomic E-state index is -1.40. The van der Waals surface area contributed by atoms with E-state index in [1.54, 1.807) is 86.5 Å². The van der Waals surface area contributed by atoms with Crippen molar-refractivity contribution in [1.82, 2.24) is 0 Å². The number of nitrogens with zero attached hydrogens (tertiary/aromatic N) is 6. The third kappa shape index (κ3) is 29.8. The normalized spacial score (nSPS) is 12.0. The lowest BCUT2D eigenvalue weighted by atomic mass is 9.80. The number of phenols is 6. The molecule has 0 bridgehead atoms. The van der Waals surface area contributed by atoms with Crippen molar-refractivity contribution < 1.29 is 30.6 Å². The standard InChI is InChI=1S/C21H27NO.C13H11NO.C12H19NOSi.C11H15NO.C10H15NOSi.C9H11NO/c1-20(2,3)16-11-17(21(4,5)6)13-18(12-16)22-14-15-9-7-8-10-19(15)23;15-13-9-5-4-6-11(13)10-14-12-7-2-1-3-8-12;1-15(2,3)9-8-13-10-11-6-4-5-7-12(11)14;1-3-8-12-9(2)10-6-4-5-7-11(10)13;1-13(2,3)11-8-9-6-4-5-7-10(9)12;1-7(10-2)8-5-3-4-6-9(8)11/h7-14,23H,1-6H3;1-10,15H;4-7,10,14H,8-9H2,1-3H3;4-7,13H,3,8H2,1-2H3;4-8,12H,1-3H3;3-6,11H,1-2H3. The zero-order valence-electron chi connectivity index (χ0n) is 56.0. The van der Waals surface area contributed by atoms with E-state index in [1.807, 2.05) is 135 Å². The van der Waals surface area contributed by atoms with Crippen molar-refractivity contribution in [3.8, 4) is 34.5 Å². The number of hydrogen-bond donors (Lipinski definition) is 6. The highest BCUT2D eigenvalue weighted by atomic mass is 28.3. The van der Waals surface area contributed by atoms with Gasteiger partial charge in [-0.05, 0) is 165 Å². The third-order valence-electron chi connectivity index (χ3n) is 13.2. The van der Waals surface area contributed by atoms with Crippen LogP contribution in [0.1, 0.15) is 113 Å². The first-order valence-electron chi connectivity index (χ1n) is 30.4. The molecule has 0 amide bonds. The van der Waals surface area contributed by atoms with Gasteiger partial charge in [0.05, 0.1) is 11.4 Å². The number of para-hydroxylation sites is 7. The molecule has 12 nitrogen and oxygen atoms in total. The Morgan fingerprint density at radius 2 is 0.767 bits per heavy atom. The molecular weight excluding hydrogens is 1150 g/mol. The van der Waals surface area contributed by atoms with Crippen LogP contribution in [0.25, 0.3) is 0 Å². The van der Waals surface area contributed by atoms with Crippen LogP contribution < -0.4 is 0 Å². The van der Waals surface area contributed by atoms with E-state index < -0.39 is 16.3 Å². The smallest absolute Gasteiger partial charge is 0.172 e. The number of hydrogen-bond acceptors (Lipinski definition) is 12. The summed E-state index contributed by atoms with van der Waals surface area (Å²) in [5, 5.41) is 57.1. The molecule has 0 radical (unpaired) electrons. The second-order valence-corrected chi connectivity index (χ2v) is 35.7. The van der Waals surface area contributed by atoms with Crippen molar-refractivity contribution in [2.45, 2.75) is 125 Å². The van der Waals surface area contributed by atoms with Crippen LogP contribution in [0.15, 0.2) is 224 Å². The van der Waals surface area contributed by atoms with Gasteiger partial charge in [-0.15, -0.1) is 0 Å². The summed E-state index contributed by atoms with van der Waals surface area (Å²) in [6.45, 7) is 34.3. The van der Waals surface area contributed by atoms with Crippen LogP contribution in [0.4, 0.5) is 11.4 Å². The molecule has 8 aromatic rings. The molecule has 0 heterocycles. The van der Waals surface area contributed by atoms with Crippen molar-refractivity contribution in [3.63, 3.8) is 0 Å². The van der Waals surface area contributed by atoms with Crippen molar-refractivity contribution in [2.75, 3.05) is 20.1 Å². The summed E-state index contributed by atoms with van der Waals surface area (Å²) in [7, 11) is -0.680. The predicted molar refractivity (Wildman–Crippen MR) is 390 cm³/mol. The minimum Gasteiger partial charge on any atom is -0.507 e. The average molecular weight is 1250 g/mol. The van der Waals surface area contributed by atoms with Crippen LogP contribution in [-0.4, -0.2) is 103 Å². The summed E-state index contributed by atoms with van der Waals surface area (Å²) >= 11 is 0. The van der Waals surface area contributed by atoms with E-state index in [4.69, 9.17) is 0 Å². The van der Waals surface area contributed by atoms with Gasteiger partial charge in [-0.3, -0.25) is 25.0 Å². The van der Waals surface area contributed by atoms with E-state index in [1.165, 1.54) is 17.2 Å². The van der Waals surface area contributed by atoms with Gasteiger partial charge >= 0.3 is 0 Å². The van der Waals surface area contributed by atoms with Gasteiger partial charge in [0.2, 0.25) is 0 Å². The maximum absolute atomic E-state index is 9.86. The van der Waals surface area contributed by atoms with Gasteiger partial charge in [0, 0.05) is 97.9 Å². The van der Waals surface area contributed by atoms with Gasteiger partial charge in [-0.1, -0.05) is 165 Å². The average Bonchev–Trinajstić information content (AvgIpc) is 1.33. The van der Waals surface area contributed by atoms with Gasteiger partial charge in [0.1, 0.15) is 34.5 Å². The topological polar surface area (TPSA) is 196 Å². The second-order valence-electron chi connectivity index (χ2n) is 25.4. The Bertz CT molecular complexity index is 3590. The molecule has 8 rings (SSSR count). The fourth-order valence-electron chi connectivity index (χ4n) is 7.61. The van der Waals surface area contributed by atoms with Crippen LogP contribution in [0.3, 0.4) is 0 Å². The zero-order chi connectivity index (χ0) is 66.9. The summed E-state index contributed by atoms with van der Waals surface area (Å²) in [4.78, 5) is 21.5. The van der Waals surface area contributed by atoms with Crippen LogP contribution in [0, 0.1) is 0 Å². The van der Waals surface area contributed by atoms with Gasteiger partial charge in [0.15, 0.2) is 8.24 Å². The molecule has 14 heteroatoms. The Morgan fingerprint density at radius 3 is 1.13 bits per heavy atom. The fraction of sp³-hybridized carbons (Fsp3) is 0.289. The Morgan fingerprint density at radius 1 is 0.411 bits per heavy atom. The van der Waals surface area contributed by atoms with Crippen molar-refractivity contribution in [3.05, 3.63) is 239 Å². The van der Waals surface area contributed by atoms with E-state index in [2.05, 4.69) is 136 Å². The number of benzene rings is 8. The Balaban J connectivity index is 0.000000287. The van der Waals surface area contributed by atoms with Crippen LogP contribution in [-0.2, 0) is 10.8 Å². The molecule has 8 aromatic carbocycles. The van der Waals surface area contributed by atoms with Crippen molar-refractivity contribution in [1.29, 1.82) is 0 Å². The zero-order valence-corrected chi connectivity index (χ0v) is 58.0. The molecule has 6 N–H and O–H groups in total. The van der Waals surface area contributed by atoms with Crippen LogP contribution in [0.2, 0.25) is 45.3 Å². The molecule has 0 spiro atoms. The third-order valence-corrected chi connectivity index (χ3v) is 15.8. The lowest BCUT2D eigenvalue weighted by molar-refractivity contribution is 0.473. The molecule has 90 heavy (non-hydrogen) atoms. The number of phenolic OH excluding ortho intramolecular Hbond substituents is 6. The fourth-order valence-corrected chi connectivity index (χ4v) is 8.94. The maximum atomic E-state index is 9.86. The van der Waals surface area contributed by atoms with Crippen molar-refractivity contribution in [2.24, 2.45) is 29.6 Å². The van der Waals surface area contributed by atoms with E-state index >= 15 is 0 Å². The van der Waals surface area contributed by atoms with Gasteiger partial charge in [0.25, 0.3) is 0 Å². The van der Waals surface area contributed by atoms with Gasteiger partial charge in [-0.25, -0.2) is 0 Å². The molecule has 0 atom stereocenters. The first-order chi connectivity index (χ1) is 42.4. The van der Waals surface area contributed by atoms with Crippen LogP contribution in [0.5, 0.6) is 34.5 Å². The van der Waals surface area contributed by atoms with Crippen molar-refractivity contribution >= 4 is 64.0 Å². The molecule has 0 fully saturated rings. The van der Waals surface area contributed by atoms with Crippen LogP contribution >= 0.6 is 0 Å². The Labute approximate surface area is 539 Å². The summed E-state index contributed by atoms with van der Waals surface area (Å²) in [5.74, 6) is 1.69. The second kappa shape index (κ2) is 37.8. The maximum Gasteiger partial charge on any atom is 0.172 e. The highest BCUT2D eigenvalue weighted by Gasteiger charge is 2.20. The van der Waals surface area contributed by atoms with E-state index in [-0.39, 0.29) is 28.1 Å². The highest BCUT2D eigenvalue weighted by molar-refractivity contribution is 6.76. The lowest BCUT2D eigenvalue weighted by Crippen LogP contribution is -2.20. The molecule has 0 aliphatic rings. The number of aliphatic imine (C=N–C) groups is 5. The van der Waals surface area contributed by atoms with Gasteiger partial charge < -0.3 is 35.3 Å². The quantitative estimate of drug-likeness (QED) is 0.0463. The summed E-state index contributed by atoms with van der Waals surface area (Å²) in [6, 6.07) is 60.7. The number of rotatable bonds is 14. The first kappa shape index (κ1) is 75.3. The van der Waals surface area contributed by atoms with E-state index in [0.717, 1.165) is 75.7 Å². The van der Waals surface area contributed by atoms with E-state index in [9.17, 15) is 30.6 Å². The summed E-state index contributed by atoms with van der Waals surface area (Å²) < 4.78 is 4.44. The molecule has 0 unspecified atom stereocenters. The first-order valence-corrected chi connectivity index (χ1v) is 37.5. The molecule has 0 saturated carbocycles. The minimum absolute atomic E-state index is 0.0699. The van der Waals surface area contributed by atoms with E-state index in [0.29, 0.717) is 17.2 Å². The molecular formula is C76H98N6O6Si2. The largest absolute Gasteiger partial charge is 0.507 e. The van der Waals surface area contributed by atoms with Gasteiger partial charge in [-0.2, -0.15) is 0 Å². The lowest BCUT2D eigenvalue weighted by Gasteiger charge is -2.25. The SMILES string of the molecule is CC(C)(C)c1cc(N=Cc2ccccc2O)cc(C(C)(C)C)c1.CCCN=C(C)c1ccccc1O.CN=C(C)c1ccccc1O.C[Si](C)(C)CCN=Cc1ccccc1O.C[Si](C)(C)N=Cc1ccccc1O.Oc1ccccc1C=Nc1ccccc1. The molecule has 0 aliphatic carbocycles.